The van der Waals surface area contributed by atoms with Gasteiger partial charge in [-0.25, -0.2) is 0 Å². The Hall–Kier alpha value is -2.12. The van der Waals surface area contributed by atoms with Crippen LogP contribution in [0.4, 0.5) is 0 Å². The second-order valence-corrected chi connectivity index (χ2v) is 6.04. The van der Waals surface area contributed by atoms with Crippen LogP contribution in [0.5, 0.6) is 0 Å². The Morgan fingerprint density at radius 3 is 2.20 bits per heavy atom. The van der Waals surface area contributed by atoms with Crippen molar-refractivity contribution in [3.63, 3.8) is 0 Å². The lowest BCUT2D eigenvalue weighted by molar-refractivity contribution is -0.133. The van der Waals surface area contributed by atoms with E-state index >= 15 is 0 Å². The Kier molecular flexibility index (Phi) is 10.3. The number of carbonyl (C=O) groups is 4. The van der Waals surface area contributed by atoms with Gasteiger partial charge in [0.15, 0.2) is 0 Å². The number of rotatable bonds is 9. The van der Waals surface area contributed by atoms with Crippen LogP contribution in [0.2, 0.25) is 0 Å². The van der Waals surface area contributed by atoms with E-state index in [-0.39, 0.29) is 17.7 Å². The first-order chi connectivity index (χ1) is 12.1. The van der Waals surface area contributed by atoms with E-state index in [0.29, 0.717) is 52.0 Å². The van der Waals surface area contributed by atoms with Crippen LogP contribution in [0.3, 0.4) is 0 Å². The Morgan fingerprint density at radius 2 is 1.72 bits per heavy atom. The van der Waals surface area contributed by atoms with Crippen LogP contribution in [-0.2, 0) is 23.9 Å². The number of ether oxygens (including phenoxy) is 1. The molecule has 2 aliphatic heterocycles. The lowest BCUT2D eigenvalue weighted by Gasteiger charge is -2.15. The van der Waals surface area contributed by atoms with E-state index in [0.717, 1.165) is 32.4 Å². The average Bonchev–Trinajstić information content (AvgIpc) is 3.18. The van der Waals surface area contributed by atoms with Crippen molar-refractivity contribution in [3.8, 4) is 0 Å². The van der Waals surface area contributed by atoms with Gasteiger partial charge in [-0.1, -0.05) is 6.92 Å². The molecule has 2 heterocycles. The molecule has 0 radical (unpaired) electrons. The third kappa shape index (κ3) is 8.51. The number of nitrogens with zero attached hydrogens (tertiary/aromatic N) is 2. The van der Waals surface area contributed by atoms with Crippen LogP contribution in [0.1, 0.15) is 45.4 Å². The molecular formula is C17H29N3O5. The molecule has 3 amide bonds. The number of nitrogens with one attached hydrogen (secondary N) is 1. The standard InChI is InChI=1S/C10H18N2O2.C7H11NO3/c1-2-4-9(13)11-6-8-12-7-3-5-10(12)14;9-6-11-5-4-8-3-1-2-7(8)10/h2-8H2,1H3,(H,11,13);6H,1-5H2. The molecule has 2 rings (SSSR count). The van der Waals surface area contributed by atoms with E-state index in [1.807, 2.05) is 11.8 Å². The van der Waals surface area contributed by atoms with Crippen molar-refractivity contribution in [3.05, 3.63) is 0 Å². The predicted octanol–water partition coefficient (Wildman–Crippen LogP) is 0.307. The average molecular weight is 355 g/mol. The molecule has 0 aromatic carbocycles. The fourth-order valence-corrected chi connectivity index (χ4v) is 2.74. The van der Waals surface area contributed by atoms with Crippen LogP contribution in [0, 0.1) is 0 Å². The molecule has 0 bridgehead atoms. The van der Waals surface area contributed by atoms with Crippen LogP contribution < -0.4 is 5.32 Å². The van der Waals surface area contributed by atoms with E-state index in [9.17, 15) is 19.2 Å². The number of amides is 3. The summed E-state index contributed by atoms with van der Waals surface area (Å²) in [6.45, 7) is 6.14. The Labute approximate surface area is 148 Å². The van der Waals surface area contributed by atoms with Crippen molar-refractivity contribution in [1.82, 2.24) is 15.1 Å². The van der Waals surface area contributed by atoms with E-state index in [1.54, 1.807) is 4.90 Å². The summed E-state index contributed by atoms with van der Waals surface area (Å²) < 4.78 is 4.47. The van der Waals surface area contributed by atoms with Gasteiger partial charge in [0.1, 0.15) is 6.61 Å². The molecule has 0 atom stereocenters. The molecule has 0 aromatic rings. The highest BCUT2D eigenvalue weighted by molar-refractivity contribution is 5.78. The highest BCUT2D eigenvalue weighted by atomic mass is 16.5. The summed E-state index contributed by atoms with van der Waals surface area (Å²) in [4.78, 5) is 46.5. The molecule has 0 unspecified atom stereocenters. The zero-order valence-corrected chi connectivity index (χ0v) is 15.0. The van der Waals surface area contributed by atoms with Gasteiger partial charge in [0.05, 0.1) is 6.54 Å². The van der Waals surface area contributed by atoms with Gasteiger partial charge in [-0.2, -0.15) is 0 Å². The summed E-state index contributed by atoms with van der Waals surface area (Å²) in [5.74, 6) is 0.466. The van der Waals surface area contributed by atoms with Crippen molar-refractivity contribution in [2.24, 2.45) is 0 Å². The molecule has 142 valence electrons. The number of carbonyl (C=O) groups excluding carboxylic acids is 4. The molecular weight excluding hydrogens is 326 g/mol. The first-order valence-corrected chi connectivity index (χ1v) is 8.96. The Balaban J connectivity index is 0.000000257. The molecule has 1 N–H and O–H groups in total. The lowest BCUT2D eigenvalue weighted by atomic mass is 10.3. The SMILES string of the molecule is CCCC(=O)NCCN1CCCC1=O.O=COCCN1CCCC1=O. The van der Waals surface area contributed by atoms with Crippen LogP contribution >= 0.6 is 0 Å². The van der Waals surface area contributed by atoms with Crippen LogP contribution in [-0.4, -0.2) is 73.3 Å². The summed E-state index contributed by atoms with van der Waals surface area (Å²) in [5, 5.41) is 2.80. The zero-order valence-electron chi connectivity index (χ0n) is 15.0. The third-order valence-electron chi connectivity index (χ3n) is 4.07. The lowest BCUT2D eigenvalue weighted by Crippen LogP contribution is -2.35. The van der Waals surface area contributed by atoms with Crippen molar-refractivity contribution in [2.45, 2.75) is 45.4 Å². The fraction of sp³-hybridized carbons (Fsp3) is 0.765. The molecule has 2 fully saturated rings. The molecule has 0 aromatic heterocycles. The summed E-state index contributed by atoms with van der Waals surface area (Å²) in [6, 6.07) is 0. The minimum atomic E-state index is 0.0825. The molecule has 8 nitrogen and oxygen atoms in total. The van der Waals surface area contributed by atoms with Crippen LogP contribution in [0.25, 0.3) is 0 Å². The minimum Gasteiger partial charge on any atom is -0.466 e. The first-order valence-electron chi connectivity index (χ1n) is 8.96. The van der Waals surface area contributed by atoms with Crippen molar-refractivity contribution >= 4 is 24.2 Å². The van der Waals surface area contributed by atoms with E-state index in [1.165, 1.54) is 0 Å². The van der Waals surface area contributed by atoms with E-state index in [2.05, 4.69) is 10.1 Å². The number of likely N-dealkylation sites (tertiary alicyclic amines) is 2. The predicted molar refractivity (Wildman–Crippen MR) is 91.6 cm³/mol. The zero-order chi connectivity index (χ0) is 18.5. The minimum absolute atomic E-state index is 0.0825. The van der Waals surface area contributed by atoms with Gasteiger partial charge in [-0.05, 0) is 19.3 Å². The number of hydrogen-bond donors (Lipinski definition) is 1. The molecule has 2 aliphatic rings. The summed E-state index contributed by atoms with van der Waals surface area (Å²) in [7, 11) is 0. The van der Waals surface area contributed by atoms with E-state index < -0.39 is 0 Å². The summed E-state index contributed by atoms with van der Waals surface area (Å²) in [6.07, 6.45) is 4.65. The van der Waals surface area contributed by atoms with Gasteiger partial charge in [0, 0.05) is 45.4 Å². The molecule has 25 heavy (non-hydrogen) atoms. The van der Waals surface area contributed by atoms with Gasteiger partial charge in [0.2, 0.25) is 17.7 Å². The van der Waals surface area contributed by atoms with Gasteiger partial charge in [-0.3, -0.25) is 19.2 Å². The van der Waals surface area contributed by atoms with Gasteiger partial charge in [-0.15, -0.1) is 0 Å². The Morgan fingerprint density at radius 1 is 1.12 bits per heavy atom. The van der Waals surface area contributed by atoms with Gasteiger partial charge in [0.25, 0.3) is 6.47 Å². The topological polar surface area (TPSA) is 96.0 Å². The molecule has 0 saturated carbocycles. The molecule has 0 aliphatic carbocycles. The Bertz CT molecular complexity index is 456. The highest BCUT2D eigenvalue weighted by Gasteiger charge is 2.19. The second kappa shape index (κ2) is 12.3. The first kappa shape index (κ1) is 20.9. The van der Waals surface area contributed by atoms with Gasteiger partial charge < -0.3 is 19.9 Å². The number of hydrogen-bond acceptors (Lipinski definition) is 5. The van der Waals surface area contributed by atoms with Crippen molar-refractivity contribution < 1.29 is 23.9 Å². The largest absolute Gasteiger partial charge is 0.466 e. The molecule has 2 saturated heterocycles. The van der Waals surface area contributed by atoms with Gasteiger partial charge >= 0.3 is 0 Å². The van der Waals surface area contributed by atoms with Crippen LogP contribution in [0.15, 0.2) is 0 Å². The smallest absolute Gasteiger partial charge is 0.293 e. The second-order valence-electron chi connectivity index (χ2n) is 6.04. The maximum Gasteiger partial charge on any atom is 0.293 e. The maximum absolute atomic E-state index is 11.2. The third-order valence-corrected chi connectivity index (χ3v) is 4.07. The fourth-order valence-electron chi connectivity index (χ4n) is 2.74. The highest BCUT2D eigenvalue weighted by Crippen LogP contribution is 2.08. The summed E-state index contributed by atoms with van der Waals surface area (Å²) >= 11 is 0. The monoisotopic (exact) mass is 355 g/mol. The molecule has 8 heteroatoms. The van der Waals surface area contributed by atoms with E-state index in [4.69, 9.17) is 0 Å². The van der Waals surface area contributed by atoms with Crippen molar-refractivity contribution in [2.75, 3.05) is 39.3 Å². The molecule has 0 spiro atoms. The maximum atomic E-state index is 11.2. The normalized spacial score (nSPS) is 16.5. The quantitative estimate of drug-likeness (QED) is 0.474. The van der Waals surface area contributed by atoms with Crippen molar-refractivity contribution in [1.29, 1.82) is 0 Å². The summed E-state index contributed by atoms with van der Waals surface area (Å²) in [5.41, 5.74) is 0.